The predicted octanol–water partition coefficient (Wildman–Crippen LogP) is 3.75. The van der Waals surface area contributed by atoms with Gasteiger partial charge >= 0.3 is 0 Å². The van der Waals surface area contributed by atoms with Crippen LogP contribution in [0.4, 0.5) is 5.13 Å². The Hall–Kier alpha value is -2.49. The van der Waals surface area contributed by atoms with Crippen molar-refractivity contribution < 1.29 is 14.7 Å². The summed E-state index contributed by atoms with van der Waals surface area (Å²) in [6.07, 6.45) is 1.62. The standard InChI is InChI=1S/C21H24ClN5O3S/c1-21(2,3)27-17-16(15(25-27)19(30)26-9-5-8-14(26)11-28)31-20(23-17)24-18(29)12-6-4-7-13(22)10-12/h4,6-7,10,14,28H,5,8-9,11H2,1-3H3,(H,23,24,29)/t14-/m1/s1. The highest BCUT2D eigenvalue weighted by Crippen LogP contribution is 2.34. The number of carbonyl (C=O) groups is 2. The second kappa shape index (κ2) is 8.22. The van der Waals surface area contributed by atoms with Crippen LogP contribution in [0.3, 0.4) is 0 Å². The SMILES string of the molecule is CC(C)(C)n1nc(C(=O)N2CCC[C@@H]2CO)c2sc(NC(=O)c3cccc(Cl)c3)nc21. The predicted molar refractivity (Wildman–Crippen MR) is 121 cm³/mol. The molecule has 0 unspecified atom stereocenters. The number of aliphatic hydroxyl groups excluding tert-OH is 1. The number of hydrogen-bond acceptors (Lipinski definition) is 6. The Morgan fingerprint density at radius 3 is 2.81 bits per heavy atom. The molecule has 1 atom stereocenters. The van der Waals surface area contributed by atoms with E-state index in [1.165, 1.54) is 11.3 Å². The molecule has 3 heterocycles. The number of nitrogens with zero attached hydrogens (tertiary/aromatic N) is 4. The number of nitrogens with one attached hydrogen (secondary N) is 1. The van der Waals surface area contributed by atoms with Crippen LogP contribution in [0, 0.1) is 0 Å². The molecule has 0 aliphatic carbocycles. The van der Waals surface area contributed by atoms with Gasteiger partial charge in [-0.05, 0) is 51.8 Å². The summed E-state index contributed by atoms with van der Waals surface area (Å²) in [5.74, 6) is -0.553. The Morgan fingerprint density at radius 2 is 2.13 bits per heavy atom. The third kappa shape index (κ3) is 4.17. The van der Waals surface area contributed by atoms with Crippen LogP contribution in [0.5, 0.6) is 0 Å². The fraction of sp³-hybridized carbons (Fsp3) is 0.429. The van der Waals surface area contributed by atoms with Crippen molar-refractivity contribution in [1.29, 1.82) is 0 Å². The van der Waals surface area contributed by atoms with Gasteiger partial charge < -0.3 is 10.0 Å². The average Bonchev–Trinajstić information content (AvgIpc) is 3.41. The summed E-state index contributed by atoms with van der Waals surface area (Å²) in [6.45, 7) is 6.44. The molecule has 2 N–H and O–H groups in total. The molecule has 0 bridgehead atoms. The maximum Gasteiger partial charge on any atom is 0.276 e. The molecule has 1 fully saturated rings. The number of hydrogen-bond donors (Lipinski definition) is 2. The van der Waals surface area contributed by atoms with Crippen LogP contribution < -0.4 is 5.32 Å². The largest absolute Gasteiger partial charge is 0.394 e. The number of amides is 2. The summed E-state index contributed by atoms with van der Waals surface area (Å²) < 4.78 is 2.33. The van der Waals surface area contributed by atoms with E-state index in [1.54, 1.807) is 33.8 Å². The lowest BCUT2D eigenvalue weighted by Crippen LogP contribution is -2.38. The molecule has 8 nitrogen and oxygen atoms in total. The summed E-state index contributed by atoms with van der Waals surface area (Å²) in [5, 5.41) is 17.9. The lowest BCUT2D eigenvalue weighted by atomic mass is 10.1. The van der Waals surface area contributed by atoms with Crippen LogP contribution >= 0.6 is 22.9 Å². The Morgan fingerprint density at radius 1 is 1.35 bits per heavy atom. The Labute approximate surface area is 188 Å². The van der Waals surface area contributed by atoms with E-state index in [-0.39, 0.29) is 24.5 Å². The third-order valence-corrected chi connectivity index (χ3v) is 6.42. The molecule has 1 aliphatic heterocycles. The maximum absolute atomic E-state index is 13.3. The van der Waals surface area contributed by atoms with E-state index >= 15 is 0 Å². The summed E-state index contributed by atoms with van der Waals surface area (Å²) in [5.41, 5.74) is 0.844. The molecule has 2 aromatic heterocycles. The second-order valence-corrected chi connectivity index (χ2v) is 9.98. The molecule has 10 heteroatoms. The lowest BCUT2D eigenvalue weighted by molar-refractivity contribution is 0.0672. The molecule has 0 spiro atoms. The van der Waals surface area contributed by atoms with E-state index < -0.39 is 5.54 Å². The quantitative estimate of drug-likeness (QED) is 0.616. The molecule has 31 heavy (non-hydrogen) atoms. The minimum atomic E-state index is -0.416. The monoisotopic (exact) mass is 461 g/mol. The molecule has 4 rings (SSSR count). The summed E-state index contributed by atoms with van der Waals surface area (Å²) in [7, 11) is 0. The normalized spacial score (nSPS) is 16.8. The van der Waals surface area contributed by atoms with Crippen molar-refractivity contribution in [3.05, 3.63) is 40.5 Å². The molecular weight excluding hydrogens is 438 g/mol. The van der Waals surface area contributed by atoms with Gasteiger partial charge in [0.05, 0.1) is 18.2 Å². The van der Waals surface area contributed by atoms with Crippen molar-refractivity contribution in [2.24, 2.45) is 0 Å². The van der Waals surface area contributed by atoms with E-state index in [1.807, 2.05) is 20.8 Å². The van der Waals surface area contributed by atoms with Crippen LogP contribution in [-0.2, 0) is 5.54 Å². The van der Waals surface area contributed by atoms with Gasteiger partial charge in [-0.3, -0.25) is 14.9 Å². The zero-order valence-corrected chi connectivity index (χ0v) is 19.1. The summed E-state index contributed by atoms with van der Waals surface area (Å²) in [6, 6.07) is 6.46. The molecule has 1 saturated heterocycles. The number of rotatable bonds is 4. The van der Waals surface area contributed by atoms with Gasteiger partial charge in [0.15, 0.2) is 16.5 Å². The van der Waals surface area contributed by atoms with Crippen molar-refractivity contribution in [2.45, 2.75) is 45.2 Å². The Balaban J connectivity index is 1.72. The molecule has 0 saturated carbocycles. The lowest BCUT2D eigenvalue weighted by Gasteiger charge is -2.22. The number of benzene rings is 1. The first-order valence-electron chi connectivity index (χ1n) is 10.1. The van der Waals surface area contributed by atoms with Crippen LogP contribution in [0.25, 0.3) is 10.3 Å². The molecule has 0 radical (unpaired) electrons. The number of halogens is 1. The number of carbonyl (C=O) groups excluding carboxylic acids is 2. The van der Waals surface area contributed by atoms with Crippen molar-refractivity contribution in [1.82, 2.24) is 19.7 Å². The van der Waals surface area contributed by atoms with Gasteiger partial charge in [-0.1, -0.05) is 29.0 Å². The van der Waals surface area contributed by atoms with Gasteiger partial charge in [0.1, 0.15) is 4.70 Å². The Bertz CT molecular complexity index is 1150. The second-order valence-electron chi connectivity index (χ2n) is 8.54. The molecule has 1 aliphatic rings. The third-order valence-electron chi connectivity index (χ3n) is 5.22. The number of thiazole rings is 1. The molecule has 164 valence electrons. The first-order valence-corrected chi connectivity index (χ1v) is 11.3. The van der Waals surface area contributed by atoms with E-state index in [0.29, 0.717) is 38.3 Å². The topological polar surface area (TPSA) is 100 Å². The Kier molecular flexibility index (Phi) is 5.76. The smallest absolute Gasteiger partial charge is 0.276 e. The zero-order chi connectivity index (χ0) is 22.3. The summed E-state index contributed by atoms with van der Waals surface area (Å²) in [4.78, 5) is 32.2. The highest BCUT2D eigenvalue weighted by molar-refractivity contribution is 7.22. The number of aromatic nitrogens is 3. The molecule has 2 amide bonds. The van der Waals surface area contributed by atoms with E-state index in [0.717, 1.165) is 12.8 Å². The van der Waals surface area contributed by atoms with E-state index in [9.17, 15) is 14.7 Å². The van der Waals surface area contributed by atoms with Crippen LogP contribution in [0.15, 0.2) is 24.3 Å². The van der Waals surface area contributed by atoms with Crippen LogP contribution in [0.1, 0.15) is 54.5 Å². The van der Waals surface area contributed by atoms with Gasteiger partial charge in [-0.15, -0.1) is 0 Å². The zero-order valence-electron chi connectivity index (χ0n) is 17.6. The number of fused-ring (bicyclic) bond motifs is 1. The number of anilines is 1. The van der Waals surface area contributed by atoms with Gasteiger partial charge in [0.2, 0.25) is 0 Å². The van der Waals surface area contributed by atoms with Crippen molar-refractivity contribution in [2.75, 3.05) is 18.5 Å². The summed E-state index contributed by atoms with van der Waals surface area (Å²) >= 11 is 7.20. The minimum absolute atomic E-state index is 0.0709. The van der Waals surface area contributed by atoms with Crippen molar-refractivity contribution in [3.8, 4) is 0 Å². The van der Waals surface area contributed by atoms with Crippen LogP contribution in [0.2, 0.25) is 5.02 Å². The highest BCUT2D eigenvalue weighted by Gasteiger charge is 2.34. The molecule has 1 aromatic carbocycles. The fourth-order valence-electron chi connectivity index (χ4n) is 3.69. The van der Waals surface area contributed by atoms with Crippen LogP contribution in [-0.4, -0.2) is 55.8 Å². The number of aliphatic hydroxyl groups is 1. The van der Waals surface area contributed by atoms with E-state index in [4.69, 9.17) is 11.6 Å². The number of likely N-dealkylation sites (tertiary alicyclic amines) is 1. The average molecular weight is 462 g/mol. The van der Waals surface area contributed by atoms with E-state index in [2.05, 4.69) is 15.4 Å². The van der Waals surface area contributed by atoms with Crippen molar-refractivity contribution >= 4 is 50.2 Å². The fourth-order valence-corrected chi connectivity index (χ4v) is 4.80. The van der Waals surface area contributed by atoms with Gasteiger partial charge in [-0.2, -0.15) is 10.1 Å². The van der Waals surface area contributed by atoms with Gasteiger partial charge in [0, 0.05) is 17.1 Å². The first-order chi connectivity index (χ1) is 14.7. The molecular formula is C21H24ClN5O3S. The van der Waals surface area contributed by atoms with Gasteiger partial charge in [0.25, 0.3) is 11.8 Å². The highest BCUT2D eigenvalue weighted by atomic mass is 35.5. The van der Waals surface area contributed by atoms with Crippen molar-refractivity contribution in [3.63, 3.8) is 0 Å². The maximum atomic E-state index is 13.3. The van der Waals surface area contributed by atoms with Gasteiger partial charge in [-0.25, -0.2) is 4.68 Å². The molecule has 3 aromatic rings. The first kappa shape index (κ1) is 21.7. The minimum Gasteiger partial charge on any atom is -0.394 e.